The standard InChI is InChI=1S/C39H52Cl4N6O6.ClH/c40-13-17-47(18-14-41)31-7-3-29(4-8-31)26-35(45)38(52)54-23-21-49(33-11-1-28(2-12-33)25-34(44)37(50)51)22-24-55-39(53)36(46)27-30-5-9-32(10-6-30)48(19-15-42)20-16-43;/h1-12,34-36H,13-27,44-46H2,(H,50,51);1H/t34-,35-,36-;/m0./s1. The number of nitrogens with zero attached hydrogens (tertiary/aromatic N) is 3. The van der Waals surface area contributed by atoms with Crippen molar-refractivity contribution in [1.82, 2.24) is 0 Å². The number of esters is 2. The molecule has 0 radical (unpaired) electrons. The predicted molar refractivity (Wildman–Crippen MR) is 231 cm³/mol. The van der Waals surface area contributed by atoms with E-state index in [4.69, 9.17) is 73.1 Å². The second-order valence-corrected chi connectivity index (χ2v) is 14.3. The van der Waals surface area contributed by atoms with Crippen molar-refractivity contribution in [2.24, 2.45) is 17.2 Å². The van der Waals surface area contributed by atoms with Crippen molar-refractivity contribution in [3.05, 3.63) is 89.5 Å². The molecule has 0 saturated heterocycles. The summed E-state index contributed by atoms with van der Waals surface area (Å²) in [6.45, 7) is 3.20. The number of aliphatic carboxylic acids is 1. The summed E-state index contributed by atoms with van der Waals surface area (Å²) in [5, 5.41) is 9.19. The van der Waals surface area contributed by atoms with Gasteiger partial charge in [0.1, 0.15) is 31.3 Å². The number of carbonyl (C=O) groups is 3. The van der Waals surface area contributed by atoms with E-state index in [1.807, 2.05) is 53.4 Å². The van der Waals surface area contributed by atoms with Crippen LogP contribution in [0.2, 0.25) is 0 Å². The number of benzene rings is 3. The summed E-state index contributed by atoms with van der Waals surface area (Å²) in [5.74, 6) is -0.302. The number of anilines is 3. The van der Waals surface area contributed by atoms with E-state index in [-0.39, 0.29) is 58.0 Å². The van der Waals surface area contributed by atoms with Gasteiger partial charge in [-0.15, -0.1) is 58.8 Å². The average molecular weight is 879 g/mol. The van der Waals surface area contributed by atoms with E-state index >= 15 is 0 Å². The van der Waals surface area contributed by atoms with E-state index < -0.39 is 36.0 Å². The van der Waals surface area contributed by atoms with Crippen LogP contribution in [-0.2, 0) is 43.1 Å². The largest absolute Gasteiger partial charge is 0.480 e. The van der Waals surface area contributed by atoms with Crippen molar-refractivity contribution in [2.75, 3.05) is 90.7 Å². The number of halogens is 5. The van der Waals surface area contributed by atoms with Crippen LogP contribution in [0.5, 0.6) is 0 Å². The number of hydrogen-bond acceptors (Lipinski definition) is 11. The van der Waals surface area contributed by atoms with Gasteiger partial charge < -0.3 is 46.5 Å². The molecule has 3 atom stereocenters. The lowest BCUT2D eigenvalue weighted by Gasteiger charge is -2.25. The first kappa shape index (κ1) is 48.9. The molecule has 0 fully saturated rings. The maximum Gasteiger partial charge on any atom is 0.323 e. The number of rotatable bonds is 26. The Morgan fingerprint density at radius 1 is 0.500 bits per heavy atom. The predicted octanol–water partition coefficient (Wildman–Crippen LogP) is 4.66. The van der Waals surface area contributed by atoms with Gasteiger partial charge in [-0.3, -0.25) is 14.4 Å². The summed E-state index contributed by atoms with van der Waals surface area (Å²) in [4.78, 5) is 43.1. The Labute approximate surface area is 355 Å². The smallest absolute Gasteiger partial charge is 0.323 e. The average Bonchev–Trinajstić information content (AvgIpc) is 3.18. The van der Waals surface area contributed by atoms with Crippen molar-refractivity contribution >= 4 is 93.8 Å². The number of carboxylic acids is 1. The molecule has 0 aromatic heterocycles. The molecular weight excluding hydrogens is 826 g/mol. The van der Waals surface area contributed by atoms with Gasteiger partial charge in [-0.1, -0.05) is 36.4 Å². The summed E-state index contributed by atoms with van der Waals surface area (Å²) in [6.07, 6.45) is 0.730. The lowest BCUT2D eigenvalue weighted by Crippen LogP contribution is -2.38. The van der Waals surface area contributed by atoms with Gasteiger partial charge in [0.2, 0.25) is 0 Å². The third-order valence-electron chi connectivity index (χ3n) is 8.82. The highest BCUT2D eigenvalue weighted by atomic mass is 35.5. The van der Waals surface area contributed by atoms with Gasteiger partial charge >= 0.3 is 17.9 Å². The molecule has 0 aliphatic carbocycles. The number of alkyl halides is 4. The first-order valence-electron chi connectivity index (χ1n) is 18.1. The van der Waals surface area contributed by atoms with Crippen molar-refractivity contribution in [3.63, 3.8) is 0 Å². The molecule has 0 aliphatic heterocycles. The molecule has 3 rings (SSSR count). The maximum atomic E-state index is 12.9. The fourth-order valence-corrected chi connectivity index (χ4v) is 6.61. The Hall–Kier alpha value is -3.20. The molecule has 0 saturated carbocycles. The Morgan fingerprint density at radius 2 is 0.768 bits per heavy atom. The van der Waals surface area contributed by atoms with Gasteiger partial charge in [0.05, 0.1) is 13.1 Å². The molecule has 3 aromatic carbocycles. The highest BCUT2D eigenvalue weighted by Crippen LogP contribution is 2.19. The van der Waals surface area contributed by atoms with Crippen LogP contribution in [0.4, 0.5) is 17.1 Å². The molecule has 0 heterocycles. The van der Waals surface area contributed by atoms with Gasteiger partial charge in [-0.2, -0.15) is 0 Å². The zero-order valence-electron chi connectivity index (χ0n) is 31.2. The van der Waals surface area contributed by atoms with Gasteiger partial charge in [0.25, 0.3) is 0 Å². The highest BCUT2D eigenvalue weighted by Gasteiger charge is 2.20. The van der Waals surface area contributed by atoms with Crippen molar-refractivity contribution < 1.29 is 29.0 Å². The van der Waals surface area contributed by atoms with Crippen LogP contribution in [0, 0.1) is 0 Å². The number of hydrogen-bond donors (Lipinski definition) is 4. The van der Waals surface area contributed by atoms with Crippen molar-refractivity contribution in [2.45, 2.75) is 37.4 Å². The monoisotopic (exact) mass is 876 g/mol. The van der Waals surface area contributed by atoms with Crippen LogP contribution >= 0.6 is 58.8 Å². The van der Waals surface area contributed by atoms with E-state index in [0.717, 1.165) is 33.8 Å². The molecule has 0 aliphatic rings. The quantitative estimate of drug-likeness (QED) is 0.0649. The topological polar surface area (TPSA) is 178 Å². The van der Waals surface area contributed by atoms with Crippen LogP contribution in [0.3, 0.4) is 0 Å². The molecule has 0 spiro atoms. The Bertz CT molecular complexity index is 1500. The molecule has 17 heteroatoms. The van der Waals surface area contributed by atoms with E-state index in [0.29, 0.717) is 49.7 Å². The third-order valence-corrected chi connectivity index (χ3v) is 9.50. The summed E-state index contributed by atoms with van der Waals surface area (Å²) in [7, 11) is 0. The van der Waals surface area contributed by atoms with Crippen LogP contribution in [0.25, 0.3) is 0 Å². The SMILES string of the molecule is Cl.N[C@@H](Cc1ccc(N(CCOC(=O)[C@@H](N)Cc2ccc(N(CCCl)CCCl)cc2)CCOC(=O)[C@@H](N)Cc2ccc(N(CCCl)CCCl)cc2)cc1)C(=O)O. The summed E-state index contributed by atoms with van der Waals surface area (Å²) in [6, 6.07) is 19.8. The number of nitrogens with two attached hydrogens (primary N) is 3. The molecule has 7 N–H and O–H groups in total. The van der Waals surface area contributed by atoms with E-state index in [1.165, 1.54) is 0 Å². The second kappa shape index (κ2) is 26.7. The zero-order chi connectivity index (χ0) is 40.2. The molecule has 0 amide bonds. The normalized spacial score (nSPS) is 12.5. The summed E-state index contributed by atoms with van der Waals surface area (Å²) >= 11 is 23.7. The van der Waals surface area contributed by atoms with E-state index in [9.17, 15) is 19.5 Å². The van der Waals surface area contributed by atoms with Crippen LogP contribution in [-0.4, -0.2) is 117 Å². The second-order valence-electron chi connectivity index (χ2n) is 12.8. The minimum absolute atomic E-state index is 0. The Kier molecular flexibility index (Phi) is 23.3. The van der Waals surface area contributed by atoms with Crippen LogP contribution in [0.1, 0.15) is 16.7 Å². The molecule has 3 aromatic rings. The molecule has 0 unspecified atom stereocenters. The van der Waals surface area contributed by atoms with Gasteiger partial charge in [0, 0.05) is 66.8 Å². The lowest BCUT2D eigenvalue weighted by molar-refractivity contribution is -0.145. The first-order chi connectivity index (χ1) is 26.5. The van der Waals surface area contributed by atoms with Crippen LogP contribution < -0.4 is 31.9 Å². The fraction of sp³-hybridized carbons (Fsp3) is 0.462. The Morgan fingerprint density at radius 3 is 1.04 bits per heavy atom. The number of carbonyl (C=O) groups excluding carboxylic acids is 2. The number of ether oxygens (including phenoxy) is 2. The number of carboxylic acid groups (broad SMARTS) is 1. The highest BCUT2D eigenvalue weighted by molar-refractivity contribution is 6.19. The lowest BCUT2D eigenvalue weighted by atomic mass is 10.1. The van der Waals surface area contributed by atoms with Gasteiger partial charge in [-0.25, -0.2) is 0 Å². The van der Waals surface area contributed by atoms with Gasteiger partial charge in [-0.05, 0) is 72.4 Å². The van der Waals surface area contributed by atoms with E-state index in [1.54, 1.807) is 24.3 Å². The van der Waals surface area contributed by atoms with Crippen LogP contribution in [0.15, 0.2) is 72.8 Å². The summed E-state index contributed by atoms with van der Waals surface area (Å²) < 4.78 is 11.1. The molecule has 12 nitrogen and oxygen atoms in total. The Balaban J connectivity index is 0.0000108. The van der Waals surface area contributed by atoms with Crippen molar-refractivity contribution in [1.29, 1.82) is 0 Å². The zero-order valence-corrected chi connectivity index (χ0v) is 35.1. The molecule has 0 bridgehead atoms. The van der Waals surface area contributed by atoms with E-state index in [2.05, 4.69) is 9.80 Å². The molecular formula is C39H53Cl5N6O6. The third kappa shape index (κ3) is 16.7. The minimum Gasteiger partial charge on any atom is -0.480 e. The summed E-state index contributed by atoms with van der Waals surface area (Å²) in [5.41, 5.74) is 23.4. The minimum atomic E-state index is -1.09. The van der Waals surface area contributed by atoms with Crippen molar-refractivity contribution in [3.8, 4) is 0 Å². The van der Waals surface area contributed by atoms with Gasteiger partial charge in [0.15, 0.2) is 0 Å². The molecule has 56 heavy (non-hydrogen) atoms. The first-order valence-corrected chi connectivity index (χ1v) is 20.2. The fourth-order valence-electron chi connectivity index (χ4n) is 5.79. The maximum absolute atomic E-state index is 12.9. The molecule has 310 valence electrons.